The smallest absolute Gasteiger partial charge is 0.142 e. The molecular weight excluding hydrogens is 262 g/mol. The number of rotatable bonds is 3. The van der Waals surface area contributed by atoms with Gasteiger partial charge in [0.2, 0.25) is 0 Å². The van der Waals surface area contributed by atoms with E-state index in [9.17, 15) is 0 Å². The second-order valence-corrected chi connectivity index (χ2v) is 4.32. The van der Waals surface area contributed by atoms with Gasteiger partial charge in [-0.05, 0) is 36.4 Å². The summed E-state index contributed by atoms with van der Waals surface area (Å²) in [7, 11) is 1.58. The average Bonchev–Trinajstić information content (AvgIpc) is 2.41. The van der Waals surface area contributed by atoms with Crippen LogP contribution in [0.1, 0.15) is 5.56 Å². The maximum atomic E-state index is 8.80. The first-order valence-corrected chi connectivity index (χ1v) is 5.92. The van der Waals surface area contributed by atoms with Crippen LogP contribution in [0.15, 0.2) is 36.4 Å². The molecule has 2 aromatic rings. The van der Waals surface area contributed by atoms with E-state index >= 15 is 0 Å². The van der Waals surface area contributed by atoms with Crippen molar-refractivity contribution in [3.8, 4) is 11.8 Å². The van der Waals surface area contributed by atoms with Gasteiger partial charge in [-0.15, -0.1) is 0 Å². The van der Waals surface area contributed by atoms with E-state index in [2.05, 4.69) is 5.32 Å². The predicted molar refractivity (Wildman–Crippen MR) is 76.9 cm³/mol. The number of hydrogen-bond acceptors (Lipinski definition) is 4. The van der Waals surface area contributed by atoms with Crippen LogP contribution in [0.4, 0.5) is 17.1 Å². The Morgan fingerprint density at radius 1 is 1.21 bits per heavy atom. The Morgan fingerprint density at radius 2 is 2.00 bits per heavy atom. The first kappa shape index (κ1) is 13.1. The van der Waals surface area contributed by atoms with E-state index in [-0.39, 0.29) is 0 Å². The third kappa shape index (κ3) is 2.90. The maximum Gasteiger partial charge on any atom is 0.142 e. The molecule has 0 saturated carbocycles. The third-order valence-corrected chi connectivity index (χ3v) is 2.85. The summed E-state index contributed by atoms with van der Waals surface area (Å²) < 4.78 is 5.24. The summed E-state index contributed by atoms with van der Waals surface area (Å²) in [6.07, 6.45) is 0. The van der Waals surface area contributed by atoms with Gasteiger partial charge in [0.1, 0.15) is 5.75 Å². The molecule has 19 heavy (non-hydrogen) atoms. The summed E-state index contributed by atoms with van der Waals surface area (Å²) in [5, 5.41) is 12.5. The monoisotopic (exact) mass is 273 g/mol. The van der Waals surface area contributed by atoms with Crippen LogP contribution in [0.2, 0.25) is 5.02 Å². The van der Waals surface area contributed by atoms with E-state index in [1.54, 1.807) is 43.5 Å². The molecule has 0 unspecified atom stereocenters. The van der Waals surface area contributed by atoms with E-state index in [0.717, 1.165) is 0 Å². The normalized spacial score (nSPS) is 9.74. The van der Waals surface area contributed by atoms with E-state index in [1.807, 2.05) is 6.07 Å². The van der Waals surface area contributed by atoms with Crippen LogP contribution in [-0.4, -0.2) is 7.11 Å². The van der Waals surface area contributed by atoms with Crippen LogP contribution in [0, 0.1) is 11.3 Å². The van der Waals surface area contributed by atoms with E-state index in [1.165, 1.54) is 0 Å². The first-order valence-electron chi connectivity index (χ1n) is 5.54. The zero-order chi connectivity index (χ0) is 13.8. The number of ether oxygens (including phenoxy) is 1. The van der Waals surface area contributed by atoms with E-state index in [0.29, 0.717) is 33.4 Å². The van der Waals surface area contributed by atoms with Crippen molar-refractivity contribution in [1.29, 1.82) is 5.26 Å². The number of benzene rings is 2. The molecule has 3 N–H and O–H groups in total. The molecule has 0 heterocycles. The van der Waals surface area contributed by atoms with Crippen molar-refractivity contribution in [3.05, 3.63) is 47.0 Å². The molecule has 0 aliphatic heterocycles. The highest BCUT2D eigenvalue weighted by Gasteiger charge is 2.07. The number of nitriles is 1. The molecule has 0 amide bonds. The molecule has 0 aromatic heterocycles. The van der Waals surface area contributed by atoms with Crippen LogP contribution in [0.5, 0.6) is 5.75 Å². The van der Waals surface area contributed by atoms with Crippen molar-refractivity contribution in [2.24, 2.45) is 0 Å². The average molecular weight is 274 g/mol. The number of nitrogens with zero attached hydrogens (tertiary/aromatic N) is 1. The van der Waals surface area contributed by atoms with Crippen LogP contribution >= 0.6 is 11.6 Å². The second kappa shape index (κ2) is 5.51. The minimum Gasteiger partial charge on any atom is -0.495 e. The van der Waals surface area contributed by atoms with Gasteiger partial charge in [0.15, 0.2) is 0 Å². The minimum atomic E-state index is 0.487. The van der Waals surface area contributed by atoms with Gasteiger partial charge in [0, 0.05) is 5.02 Å². The Labute approximate surface area is 116 Å². The molecule has 96 valence electrons. The number of nitrogens with two attached hydrogens (primary N) is 1. The largest absolute Gasteiger partial charge is 0.495 e. The standard InChI is InChI=1S/C14H12ClN3O/c1-19-14-5-3-10(15)7-13(14)18-12-4-2-9(8-16)6-11(12)17/h2-7,18H,17H2,1H3. The summed E-state index contributed by atoms with van der Waals surface area (Å²) in [5.41, 5.74) is 8.30. The van der Waals surface area contributed by atoms with Crippen LogP contribution in [0.3, 0.4) is 0 Å². The van der Waals surface area contributed by atoms with Gasteiger partial charge < -0.3 is 15.8 Å². The lowest BCUT2D eigenvalue weighted by Gasteiger charge is -2.13. The van der Waals surface area contributed by atoms with Gasteiger partial charge in [-0.3, -0.25) is 0 Å². The molecule has 0 atom stereocenters. The molecule has 0 bridgehead atoms. The number of nitrogens with one attached hydrogen (secondary N) is 1. The highest BCUT2D eigenvalue weighted by molar-refractivity contribution is 6.31. The van der Waals surface area contributed by atoms with Crippen LogP contribution in [-0.2, 0) is 0 Å². The van der Waals surface area contributed by atoms with Crippen molar-refractivity contribution in [2.75, 3.05) is 18.2 Å². The fraction of sp³-hybridized carbons (Fsp3) is 0.0714. The Morgan fingerprint density at radius 3 is 2.63 bits per heavy atom. The second-order valence-electron chi connectivity index (χ2n) is 3.88. The van der Waals surface area contributed by atoms with Gasteiger partial charge in [-0.1, -0.05) is 11.6 Å². The van der Waals surface area contributed by atoms with Gasteiger partial charge in [0.05, 0.1) is 35.8 Å². The van der Waals surface area contributed by atoms with Crippen molar-refractivity contribution in [3.63, 3.8) is 0 Å². The minimum absolute atomic E-state index is 0.487. The molecule has 5 heteroatoms. The lowest BCUT2D eigenvalue weighted by molar-refractivity contribution is 0.417. The summed E-state index contributed by atoms with van der Waals surface area (Å²) in [6.45, 7) is 0. The zero-order valence-electron chi connectivity index (χ0n) is 10.3. The molecule has 0 fully saturated rings. The lowest BCUT2D eigenvalue weighted by atomic mass is 10.2. The van der Waals surface area contributed by atoms with Crippen molar-refractivity contribution in [1.82, 2.24) is 0 Å². The number of anilines is 3. The molecule has 0 radical (unpaired) electrons. The van der Waals surface area contributed by atoms with Crippen LogP contribution < -0.4 is 15.8 Å². The number of nitrogen functional groups attached to an aromatic ring is 1. The molecule has 2 rings (SSSR count). The van der Waals surface area contributed by atoms with Crippen LogP contribution in [0.25, 0.3) is 0 Å². The Hall–Kier alpha value is -2.38. The highest BCUT2D eigenvalue weighted by atomic mass is 35.5. The Kier molecular flexibility index (Phi) is 3.79. The van der Waals surface area contributed by atoms with Gasteiger partial charge >= 0.3 is 0 Å². The van der Waals surface area contributed by atoms with Gasteiger partial charge in [-0.2, -0.15) is 5.26 Å². The SMILES string of the molecule is COc1ccc(Cl)cc1Nc1ccc(C#N)cc1N. The lowest BCUT2D eigenvalue weighted by Crippen LogP contribution is -1.98. The van der Waals surface area contributed by atoms with Gasteiger partial charge in [-0.25, -0.2) is 0 Å². The van der Waals surface area contributed by atoms with E-state index in [4.69, 9.17) is 27.3 Å². The fourth-order valence-corrected chi connectivity index (χ4v) is 1.84. The van der Waals surface area contributed by atoms with Gasteiger partial charge in [0.25, 0.3) is 0 Å². The Bertz CT molecular complexity index is 650. The number of halogens is 1. The Balaban J connectivity index is 2.36. The summed E-state index contributed by atoms with van der Waals surface area (Å²) in [6, 6.07) is 12.3. The van der Waals surface area contributed by atoms with Crippen molar-refractivity contribution in [2.45, 2.75) is 0 Å². The molecule has 2 aromatic carbocycles. The summed E-state index contributed by atoms with van der Waals surface area (Å²) in [4.78, 5) is 0. The van der Waals surface area contributed by atoms with E-state index < -0.39 is 0 Å². The topological polar surface area (TPSA) is 71.1 Å². The predicted octanol–water partition coefficient (Wildman–Crippen LogP) is 3.55. The van der Waals surface area contributed by atoms with Crippen molar-refractivity contribution < 1.29 is 4.74 Å². The number of methoxy groups -OCH3 is 1. The molecule has 0 aliphatic carbocycles. The molecule has 0 saturated heterocycles. The maximum absolute atomic E-state index is 8.80. The summed E-state index contributed by atoms with van der Waals surface area (Å²) >= 11 is 5.96. The summed E-state index contributed by atoms with van der Waals surface area (Å²) in [5.74, 6) is 0.660. The van der Waals surface area contributed by atoms with Crippen molar-refractivity contribution >= 4 is 28.7 Å². The molecule has 0 aliphatic rings. The highest BCUT2D eigenvalue weighted by Crippen LogP contribution is 2.32. The first-order chi connectivity index (χ1) is 9.13. The molecule has 0 spiro atoms. The third-order valence-electron chi connectivity index (χ3n) is 2.61. The quantitative estimate of drug-likeness (QED) is 0.839. The zero-order valence-corrected chi connectivity index (χ0v) is 11.0. The molecule has 4 nitrogen and oxygen atoms in total. The molecular formula is C14H12ClN3O. The number of hydrogen-bond donors (Lipinski definition) is 2. The fourth-order valence-electron chi connectivity index (χ4n) is 1.67.